The highest BCUT2D eigenvalue weighted by Crippen LogP contribution is 2.28. The SMILES string of the molecule is C[C](c1c[nH]cn1)c1c[nH]c2ccccc12. The summed E-state index contributed by atoms with van der Waals surface area (Å²) in [6, 6.07) is 8.29. The predicted molar refractivity (Wildman–Crippen MR) is 64.0 cm³/mol. The summed E-state index contributed by atoms with van der Waals surface area (Å²) in [6.45, 7) is 2.09. The Labute approximate surface area is 93.5 Å². The maximum absolute atomic E-state index is 4.27. The Hall–Kier alpha value is -2.03. The molecule has 2 heterocycles. The molecule has 3 aromatic rings. The second-order valence-electron chi connectivity index (χ2n) is 3.83. The zero-order chi connectivity index (χ0) is 11.0. The fourth-order valence-electron chi connectivity index (χ4n) is 1.99. The van der Waals surface area contributed by atoms with E-state index in [9.17, 15) is 0 Å². The van der Waals surface area contributed by atoms with Gasteiger partial charge in [-0.15, -0.1) is 0 Å². The number of hydrogen-bond acceptors (Lipinski definition) is 1. The number of fused-ring (bicyclic) bond motifs is 1. The van der Waals surface area contributed by atoms with Crippen LogP contribution in [0.15, 0.2) is 43.0 Å². The first-order valence-electron chi connectivity index (χ1n) is 5.25. The lowest BCUT2D eigenvalue weighted by atomic mass is 9.98. The molecule has 3 nitrogen and oxygen atoms in total. The maximum Gasteiger partial charge on any atom is 0.0923 e. The first-order chi connectivity index (χ1) is 7.86. The first-order valence-corrected chi connectivity index (χ1v) is 5.25. The molecule has 0 fully saturated rings. The van der Waals surface area contributed by atoms with Crippen molar-refractivity contribution in [3.8, 4) is 0 Å². The van der Waals surface area contributed by atoms with E-state index >= 15 is 0 Å². The lowest BCUT2D eigenvalue weighted by molar-refractivity contribution is 1.13. The molecule has 0 spiro atoms. The van der Waals surface area contributed by atoms with Gasteiger partial charge >= 0.3 is 0 Å². The van der Waals surface area contributed by atoms with E-state index in [-0.39, 0.29) is 0 Å². The van der Waals surface area contributed by atoms with Crippen LogP contribution in [-0.2, 0) is 0 Å². The summed E-state index contributed by atoms with van der Waals surface area (Å²) in [4.78, 5) is 10.5. The largest absolute Gasteiger partial charge is 0.361 e. The molecule has 0 saturated carbocycles. The van der Waals surface area contributed by atoms with Gasteiger partial charge in [-0.1, -0.05) is 18.2 Å². The summed E-state index contributed by atoms with van der Waals surface area (Å²) < 4.78 is 0. The molecule has 0 atom stereocenters. The second-order valence-corrected chi connectivity index (χ2v) is 3.83. The Morgan fingerprint density at radius 2 is 2.06 bits per heavy atom. The molecule has 0 unspecified atom stereocenters. The molecule has 0 bridgehead atoms. The highest BCUT2D eigenvalue weighted by Gasteiger charge is 2.14. The molecule has 1 aromatic carbocycles. The molecule has 16 heavy (non-hydrogen) atoms. The minimum Gasteiger partial charge on any atom is -0.361 e. The summed E-state index contributed by atoms with van der Waals surface area (Å²) >= 11 is 0. The minimum atomic E-state index is 0.991. The third-order valence-electron chi connectivity index (χ3n) is 2.88. The average Bonchev–Trinajstić information content (AvgIpc) is 2.98. The van der Waals surface area contributed by atoms with E-state index in [1.165, 1.54) is 16.9 Å². The molecule has 2 aromatic heterocycles. The monoisotopic (exact) mass is 210 g/mol. The molecule has 1 radical (unpaired) electrons. The van der Waals surface area contributed by atoms with Crippen molar-refractivity contribution in [2.45, 2.75) is 6.92 Å². The van der Waals surface area contributed by atoms with Gasteiger partial charge in [0.2, 0.25) is 0 Å². The molecular weight excluding hydrogens is 198 g/mol. The molecule has 0 amide bonds. The Kier molecular flexibility index (Phi) is 2.03. The quantitative estimate of drug-likeness (QED) is 0.671. The fourth-order valence-corrected chi connectivity index (χ4v) is 1.99. The number of nitrogens with one attached hydrogen (secondary N) is 2. The molecule has 3 rings (SSSR count). The number of imidazole rings is 1. The van der Waals surface area contributed by atoms with E-state index in [1.54, 1.807) is 6.33 Å². The van der Waals surface area contributed by atoms with Crippen LogP contribution in [-0.4, -0.2) is 15.0 Å². The zero-order valence-electron chi connectivity index (χ0n) is 8.99. The van der Waals surface area contributed by atoms with Crippen LogP contribution in [0.4, 0.5) is 0 Å². The standard InChI is InChI=1S/C13H12N3/c1-9(13-7-14-8-16-13)11-6-15-12-5-3-2-4-10(11)12/h2-8,15H,1H3,(H,14,16). The van der Waals surface area contributed by atoms with Gasteiger partial charge in [-0.3, -0.25) is 0 Å². The van der Waals surface area contributed by atoms with Crippen LogP contribution in [0.5, 0.6) is 0 Å². The van der Waals surface area contributed by atoms with Crippen molar-refractivity contribution in [2.75, 3.05) is 0 Å². The molecule has 0 aliphatic carbocycles. The van der Waals surface area contributed by atoms with Crippen LogP contribution >= 0.6 is 0 Å². The zero-order valence-corrected chi connectivity index (χ0v) is 8.99. The van der Waals surface area contributed by atoms with Gasteiger partial charge in [-0.2, -0.15) is 0 Å². The van der Waals surface area contributed by atoms with Gasteiger partial charge < -0.3 is 9.97 Å². The van der Waals surface area contributed by atoms with Crippen LogP contribution in [0.3, 0.4) is 0 Å². The smallest absolute Gasteiger partial charge is 0.0923 e. The second kappa shape index (κ2) is 3.52. The Bertz CT molecular complexity index is 592. The number of rotatable bonds is 2. The number of H-pyrrole nitrogens is 2. The van der Waals surface area contributed by atoms with Crippen molar-refractivity contribution in [1.82, 2.24) is 15.0 Å². The van der Waals surface area contributed by atoms with Gasteiger partial charge in [-0.25, -0.2) is 4.98 Å². The molecule has 0 aliphatic rings. The van der Waals surface area contributed by atoms with Gasteiger partial charge in [-0.05, 0) is 18.6 Å². The summed E-state index contributed by atoms with van der Waals surface area (Å²) in [6.07, 6.45) is 5.65. The van der Waals surface area contributed by atoms with Crippen molar-refractivity contribution in [3.05, 3.63) is 60.2 Å². The van der Waals surface area contributed by atoms with E-state index in [4.69, 9.17) is 0 Å². The summed E-state index contributed by atoms with van der Waals surface area (Å²) in [5, 5.41) is 1.24. The highest BCUT2D eigenvalue weighted by atomic mass is 14.9. The first kappa shape index (κ1) is 9.21. The Balaban J connectivity index is 2.12. The minimum absolute atomic E-state index is 0.991. The van der Waals surface area contributed by atoms with Crippen molar-refractivity contribution in [3.63, 3.8) is 0 Å². The third-order valence-corrected chi connectivity index (χ3v) is 2.88. The van der Waals surface area contributed by atoms with E-state index in [2.05, 4.69) is 40.1 Å². The van der Waals surface area contributed by atoms with Crippen molar-refractivity contribution < 1.29 is 0 Å². The van der Waals surface area contributed by atoms with E-state index in [1.807, 2.05) is 18.5 Å². The van der Waals surface area contributed by atoms with Gasteiger partial charge in [0, 0.05) is 23.3 Å². The summed E-state index contributed by atoms with van der Waals surface area (Å²) in [5.41, 5.74) is 3.36. The molecule has 79 valence electrons. The molecule has 3 heteroatoms. The van der Waals surface area contributed by atoms with Crippen molar-refractivity contribution in [2.24, 2.45) is 0 Å². The topological polar surface area (TPSA) is 44.5 Å². The molecule has 0 saturated heterocycles. The van der Waals surface area contributed by atoms with Gasteiger partial charge in [0.25, 0.3) is 0 Å². The van der Waals surface area contributed by atoms with E-state index in [0.717, 1.165) is 11.2 Å². The van der Waals surface area contributed by atoms with Crippen molar-refractivity contribution in [1.29, 1.82) is 0 Å². The maximum atomic E-state index is 4.27. The van der Waals surface area contributed by atoms with E-state index in [0.29, 0.717) is 0 Å². The van der Waals surface area contributed by atoms with Crippen LogP contribution in [0, 0.1) is 5.92 Å². The van der Waals surface area contributed by atoms with Gasteiger partial charge in [0.1, 0.15) is 0 Å². The number of para-hydroxylation sites is 1. The predicted octanol–water partition coefficient (Wildman–Crippen LogP) is 2.88. The number of aromatic amines is 2. The molecule has 0 aliphatic heterocycles. The summed E-state index contributed by atoms with van der Waals surface area (Å²) in [7, 11) is 0. The number of benzene rings is 1. The average molecular weight is 210 g/mol. The highest BCUT2D eigenvalue weighted by molar-refractivity contribution is 5.85. The molecular formula is C13H12N3. The number of aromatic nitrogens is 3. The third kappa shape index (κ3) is 1.33. The Morgan fingerprint density at radius 1 is 1.19 bits per heavy atom. The van der Waals surface area contributed by atoms with Gasteiger partial charge in [0.05, 0.1) is 17.9 Å². The van der Waals surface area contributed by atoms with E-state index < -0.39 is 0 Å². The number of hydrogen-bond donors (Lipinski definition) is 2. The summed E-state index contributed by atoms with van der Waals surface area (Å²) in [5.74, 6) is 1.18. The van der Waals surface area contributed by atoms with Gasteiger partial charge in [0.15, 0.2) is 0 Å². The fraction of sp³-hybridized carbons (Fsp3) is 0.0769. The number of nitrogens with zero attached hydrogens (tertiary/aromatic N) is 1. The lowest BCUT2D eigenvalue weighted by Gasteiger charge is -2.05. The van der Waals surface area contributed by atoms with Crippen LogP contribution in [0.1, 0.15) is 18.2 Å². The van der Waals surface area contributed by atoms with Crippen LogP contribution < -0.4 is 0 Å². The lowest BCUT2D eigenvalue weighted by Crippen LogP contribution is -1.95. The van der Waals surface area contributed by atoms with Crippen LogP contribution in [0.2, 0.25) is 0 Å². The van der Waals surface area contributed by atoms with Crippen LogP contribution in [0.25, 0.3) is 10.9 Å². The Morgan fingerprint density at radius 3 is 2.88 bits per heavy atom. The normalized spacial score (nSPS) is 11.4. The van der Waals surface area contributed by atoms with Crippen molar-refractivity contribution >= 4 is 10.9 Å². The molecule has 2 N–H and O–H groups in total.